The highest BCUT2D eigenvalue weighted by molar-refractivity contribution is 6.33. The molecule has 1 aromatic heterocycles. The predicted molar refractivity (Wildman–Crippen MR) is 107 cm³/mol. The quantitative estimate of drug-likeness (QED) is 0.603. The Labute approximate surface area is 166 Å². The molecule has 0 saturated carbocycles. The highest BCUT2D eigenvalue weighted by Gasteiger charge is 2.16. The van der Waals surface area contributed by atoms with E-state index in [-0.39, 0.29) is 17.9 Å². The molecule has 0 atom stereocenters. The number of halogens is 1. The second-order valence-corrected chi connectivity index (χ2v) is 6.02. The van der Waals surface area contributed by atoms with Gasteiger partial charge in [-0.1, -0.05) is 35.9 Å². The second kappa shape index (κ2) is 8.96. The molecule has 0 saturated heterocycles. The predicted octanol–water partition coefficient (Wildman–Crippen LogP) is 4.30. The van der Waals surface area contributed by atoms with Crippen LogP contribution in [0.4, 0.5) is 17.2 Å². The van der Waals surface area contributed by atoms with Crippen LogP contribution in [-0.4, -0.2) is 28.5 Å². The number of anilines is 3. The molecule has 0 unspecified atom stereocenters. The smallest absolute Gasteiger partial charge is 0.340 e. The monoisotopic (exact) mass is 396 g/mol. The number of carbonyl (C=O) groups excluding carboxylic acids is 2. The van der Waals surface area contributed by atoms with Crippen LogP contribution in [0, 0.1) is 0 Å². The van der Waals surface area contributed by atoms with Crippen LogP contribution in [0.3, 0.4) is 0 Å². The van der Waals surface area contributed by atoms with Gasteiger partial charge in [-0.3, -0.25) is 4.79 Å². The molecule has 142 valence electrons. The number of carbonyl (C=O) groups is 2. The molecule has 0 fully saturated rings. The molecule has 0 aliphatic heterocycles. The molecule has 8 heteroatoms. The number of nitrogens with zero attached hydrogens (tertiary/aromatic N) is 2. The lowest BCUT2D eigenvalue weighted by atomic mass is 10.1. The van der Waals surface area contributed by atoms with Crippen molar-refractivity contribution < 1.29 is 14.3 Å². The first-order valence-corrected chi connectivity index (χ1v) is 8.87. The summed E-state index contributed by atoms with van der Waals surface area (Å²) in [6, 6.07) is 15.3. The Morgan fingerprint density at radius 2 is 1.75 bits per heavy atom. The molecule has 3 aromatic rings. The molecular weight excluding hydrogens is 380 g/mol. The summed E-state index contributed by atoms with van der Waals surface area (Å²) in [5, 5.41) is 6.25. The van der Waals surface area contributed by atoms with E-state index < -0.39 is 11.9 Å². The lowest BCUT2D eigenvalue weighted by Gasteiger charge is -2.11. The van der Waals surface area contributed by atoms with E-state index in [0.29, 0.717) is 22.2 Å². The van der Waals surface area contributed by atoms with Gasteiger partial charge in [0, 0.05) is 6.07 Å². The van der Waals surface area contributed by atoms with Crippen LogP contribution in [0.25, 0.3) is 0 Å². The number of esters is 1. The van der Waals surface area contributed by atoms with Crippen molar-refractivity contribution >= 4 is 40.7 Å². The van der Waals surface area contributed by atoms with E-state index >= 15 is 0 Å². The fourth-order valence-electron chi connectivity index (χ4n) is 2.42. The van der Waals surface area contributed by atoms with Crippen LogP contribution in [-0.2, 0) is 4.74 Å². The van der Waals surface area contributed by atoms with Crippen molar-refractivity contribution in [3.05, 3.63) is 77.2 Å². The van der Waals surface area contributed by atoms with Crippen molar-refractivity contribution in [1.82, 2.24) is 9.97 Å². The number of rotatable bonds is 6. The van der Waals surface area contributed by atoms with Gasteiger partial charge in [0.1, 0.15) is 17.8 Å². The summed E-state index contributed by atoms with van der Waals surface area (Å²) in [5.74, 6) is -0.588. The number of amides is 1. The van der Waals surface area contributed by atoms with E-state index in [1.54, 1.807) is 43.3 Å². The number of ether oxygens (including phenoxy) is 1. The van der Waals surface area contributed by atoms with Gasteiger partial charge in [0.05, 0.1) is 28.6 Å². The molecule has 0 radical (unpaired) electrons. The molecule has 0 spiro atoms. The average Bonchev–Trinajstić information content (AvgIpc) is 2.70. The third kappa shape index (κ3) is 4.63. The van der Waals surface area contributed by atoms with Gasteiger partial charge >= 0.3 is 5.97 Å². The summed E-state index contributed by atoms with van der Waals surface area (Å²) in [6.07, 6.45) is 1.27. The fourth-order valence-corrected chi connectivity index (χ4v) is 2.60. The third-order valence-corrected chi connectivity index (χ3v) is 4.04. The van der Waals surface area contributed by atoms with E-state index in [1.165, 1.54) is 12.4 Å². The van der Waals surface area contributed by atoms with Gasteiger partial charge in [-0.05, 0) is 31.2 Å². The molecule has 2 aromatic carbocycles. The Balaban J connectivity index is 1.79. The van der Waals surface area contributed by atoms with Crippen LogP contribution < -0.4 is 10.6 Å². The zero-order valence-corrected chi connectivity index (χ0v) is 15.7. The molecule has 0 aliphatic rings. The Morgan fingerprint density at radius 3 is 2.50 bits per heavy atom. The summed E-state index contributed by atoms with van der Waals surface area (Å²) in [4.78, 5) is 32.8. The summed E-state index contributed by atoms with van der Waals surface area (Å²) in [7, 11) is 0. The van der Waals surface area contributed by atoms with Crippen molar-refractivity contribution in [3.8, 4) is 0 Å². The Hall–Kier alpha value is -3.45. The van der Waals surface area contributed by atoms with Crippen LogP contribution in [0.1, 0.15) is 27.8 Å². The Kier molecular flexibility index (Phi) is 6.18. The number of benzene rings is 2. The largest absolute Gasteiger partial charge is 0.462 e. The lowest BCUT2D eigenvalue weighted by Crippen LogP contribution is -2.17. The average molecular weight is 397 g/mol. The first-order chi connectivity index (χ1) is 13.6. The molecule has 2 N–H and O–H groups in total. The van der Waals surface area contributed by atoms with Gasteiger partial charge in [0.25, 0.3) is 5.91 Å². The zero-order valence-electron chi connectivity index (χ0n) is 15.0. The van der Waals surface area contributed by atoms with Gasteiger partial charge in [-0.2, -0.15) is 0 Å². The van der Waals surface area contributed by atoms with E-state index in [9.17, 15) is 9.59 Å². The molecule has 7 nitrogen and oxygen atoms in total. The Bertz CT molecular complexity index is 1010. The normalized spacial score (nSPS) is 10.2. The first kappa shape index (κ1) is 19.3. The van der Waals surface area contributed by atoms with Crippen LogP contribution in [0.2, 0.25) is 5.02 Å². The topological polar surface area (TPSA) is 93.2 Å². The summed E-state index contributed by atoms with van der Waals surface area (Å²) in [6.45, 7) is 1.96. The zero-order chi connectivity index (χ0) is 19.9. The summed E-state index contributed by atoms with van der Waals surface area (Å²) < 4.78 is 5.01. The molecule has 1 heterocycles. The number of para-hydroxylation sites is 2. The highest BCUT2D eigenvalue weighted by atomic mass is 35.5. The lowest BCUT2D eigenvalue weighted by molar-refractivity contribution is 0.0527. The summed E-state index contributed by atoms with van der Waals surface area (Å²) >= 11 is 6.13. The molecular formula is C20H17ClN4O3. The number of nitrogens with one attached hydrogen (secondary N) is 2. The SMILES string of the molecule is CCOC(=O)c1ccccc1NC(=O)c1cc(Nc2ccccc2Cl)ncn1. The van der Waals surface area contributed by atoms with Gasteiger partial charge in [0.2, 0.25) is 0 Å². The maximum Gasteiger partial charge on any atom is 0.340 e. The van der Waals surface area contributed by atoms with Gasteiger partial charge in [-0.15, -0.1) is 0 Å². The highest BCUT2D eigenvalue weighted by Crippen LogP contribution is 2.24. The summed E-state index contributed by atoms with van der Waals surface area (Å²) in [5.41, 5.74) is 1.39. The minimum atomic E-state index is -0.512. The van der Waals surface area contributed by atoms with Crippen molar-refractivity contribution in [3.63, 3.8) is 0 Å². The van der Waals surface area contributed by atoms with Crippen LogP contribution in [0.5, 0.6) is 0 Å². The van der Waals surface area contributed by atoms with E-state index in [4.69, 9.17) is 16.3 Å². The van der Waals surface area contributed by atoms with Crippen molar-refractivity contribution in [2.75, 3.05) is 17.2 Å². The van der Waals surface area contributed by atoms with E-state index in [2.05, 4.69) is 20.6 Å². The minimum absolute atomic E-state index is 0.128. The van der Waals surface area contributed by atoms with E-state index in [0.717, 1.165) is 0 Å². The molecule has 28 heavy (non-hydrogen) atoms. The second-order valence-electron chi connectivity index (χ2n) is 5.61. The number of aromatic nitrogens is 2. The van der Waals surface area contributed by atoms with Gasteiger partial charge in [0.15, 0.2) is 0 Å². The van der Waals surface area contributed by atoms with Crippen molar-refractivity contribution in [1.29, 1.82) is 0 Å². The molecule has 1 amide bonds. The molecule has 0 aliphatic carbocycles. The van der Waals surface area contributed by atoms with Gasteiger partial charge < -0.3 is 15.4 Å². The standard InChI is InChI=1S/C20H17ClN4O3/c1-2-28-20(27)13-7-3-5-9-15(13)25-19(26)17-11-18(23-12-22-17)24-16-10-6-4-8-14(16)21/h3-12H,2H2,1H3,(H,25,26)(H,22,23,24). The van der Waals surface area contributed by atoms with Crippen LogP contribution in [0.15, 0.2) is 60.9 Å². The minimum Gasteiger partial charge on any atom is -0.462 e. The molecule has 3 rings (SSSR count). The maximum absolute atomic E-state index is 12.6. The van der Waals surface area contributed by atoms with Crippen molar-refractivity contribution in [2.24, 2.45) is 0 Å². The Morgan fingerprint density at radius 1 is 1.04 bits per heavy atom. The fraction of sp³-hybridized carbons (Fsp3) is 0.100. The van der Waals surface area contributed by atoms with Crippen LogP contribution >= 0.6 is 11.6 Å². The number of hydrogen-bond donors (Lipinski definition) is 2. The van der Waals surface area contributed by atoms with Gasteiger partial charge in [-0.25, -0.2) is 14.8 Å². The van der Waals surface area contributed by atoms with Crippen molar-refractivity contribution in [2.45, 2.75) is 6.92 Å². The third-order valence-electron chi connectivity index (χ3n) is 3.71. The van der Waals surface area contributed by atoms with E-state index in [1.807, 2.05) is 12.1 Å². The number of hydrogen-bond acceptors (Lipinski definition) is 6. The first-order valence-electron chi connectivity index (χ1n) is 8.49. The maximum atomic E-state index is 12.6. The molecule has 0 bridgehead atoms.